The van der Waals surface area contributed by atoms with Crippen molar-refractivity contribution in [3.8, 4) is 0 Å². The van der Waals surface area contributed by atoms with Gasteiger partial charge in [0.25, 0.3) is 0 Å². The zero-order valence-corrected chi connectivity index (χ0v) is 15.6. The average Bonchev–Trinajstić information content (AvgIpc) is 2.91. The number of aryl methyl sites for hydroxylation is 2. The molecule has 3 N–H and O–H groups in total. The van der Waals surface area contributed by atoms with Crippen molar-refractivity contribution in [2.24, 2.45) is 16.6 Å². The maximum absolute atomic E-state index is 12.2. The lowest BCUT2D eigenvalue weighted by molar-refractivity contribution is -0.127. The fourth-order valence-corrected chi connectivity index (χ4v) is 3.48. The number of amides is 1. The maximum atomic E-state index is 12.2. The van der Waals surface area contributed by atoms with Crippen LogP contribution in [-0.4, -0.2) is 30.4 Å². The van der Waals surface area contributed by atoms with Gasteiger partial charge in [-0.1, -0.05) is 36.4 Å². The monoisotopic (exact) mass is 350 g/mol. The highest BCUT2D eigenvalue weighted by molar-refractivity contribution is 5.92. The maximum Gasteiger partial charge on any atom is 0.223 e. The molecule has 0 aliphatic carbocycles. The van der Waals surface area contributed by atoms with Crippen molar-refractivity contribution in [3.05, 3.63) is 65.2 Å². The third-order valence-corrected chi connectivity index (χ3v) is 5.11. The van der Waals surface area contributed by atoms with E-state index >= 15 is 0 Å². The van der Waals surface area contributed by atoms with Gasteiger partial charge in [-0.3, -0.25) is 9.79 Å². The minimum Gasteiger partial charge on any atom is -0.370 e. The van der Waals surface area contributed by atoms with Gasteiger partial charge in [-0.15, -0.1) is 0 Å². The number of guanidine groups is 1. The predicted octanol–water partition coefficient (Wildman–Crippen LogP) is 3.25. The summed E-state index contributed by atoms with van der Waals surface area (Å²) in [4.78, 5) is 18.5. The Labute approximate surface area is 154 Å². The minimum absolute atomic E-state index is 0.0434. The molecule has 5 nitrogen and oxygen atoms in total. The van der Waals surface area contributed by atoms with Gasteiger partial charge in [-0.05, 0) is 42.7 Å². The SMILES string of the molecule is Cc1ccc(NC(N)=NCC2CC(=O)N(C)C2c2ccccc2)cc1C. The second-order valence-electron chi connectivity index (χ2n) is 6.97. The van der Waals surface area contributed by atoms with Crippen LogP contribution >= 0.6 is 0 Å². The number of carbonyl (C=O) groups is 1. The summed E-state index contributed by atoms with van der Waals surface area (Å²) in [5, 5.41) is 3.14. The second-order valence-corrected chi connectivity index (χ2v) is 6.97. The standard InChI is InChI=1S/C21H26N4O/c1-14-9-10-18(11-15(14)2)24-21(22)23-13-17-12-19(26)25(3)20(17)16-7-5-4-6-8-16/h4-11,17,20H,12-13H2,1-3H3,(H3,22,23,24). The summed E-state index contributed by atoms with van der Waals surface area (Å²) in [6, 6.07) is 16.3. The molecule has 1 saturated heterocycles. The molecule has 26 heavy (non-hydrogen) atoms. The summed E-state index contributed by atoms with van der Waals surface area (Å²) in [5.74, 6) is 0.650. The van der Waals surface area contributed by atoms with E-state index in [-0.39, 0.29) is 17.9 Å². The minimum atomic E-state index is 0.0434. The van der Waals surface area contributed by atoms with E-state index in [1.807, 2.05) is 36.2 Å². The van der Waals surface area contributed by atoms with Gasteiger partial charge in [0.2, 0.25) is 5.91 Å². The lowest BCUT2D eigenvalue weighted by Crippen LogP contribution is -2.27. The number of carbonyl (C=O) groups excluding carboxylic acids is 1. The van der Waals surface area contributed by atoms with E-state index in [4.69, 9.17) is 5.73 Å². The number of rotatable bonds is 4. The van der Waals surface area contributed by atoms with Crippen molar-refractivity contribution in [1.82, 2.24) is 4.90 Å². The van der Waals surface area contributed by atoms with Crippen molar-refractivity contribution >= 4 is 17.6 Å². The Morgan fingerprint density at radius 3 is 2.62 bits per heavy atom. The topological polar surface area (TPSA) is 70.7 Å². The predicted molar refractivity (Wildman–Crippen MR) is 106 cm³/mol. The normalized spacial score (nSPS) is 20.5. The smallest absolute Gasteiger partial charge is 0.223 e. The number of anilines is 1. The molecule has 0 bridgehead atoms. The number of aliphatic imine (C=N–C) groups is 1. The van der Waals surface area contributed by atoms with E-state index in [1.54, 1.807) is 0 Å². The van der Waals surface area contributed by atoms with Crippen molar-refractivity contribution < 1.29 is 4.79 Å². The molecule has 1 aliphatic rings. The van der Waals surface area contributed by atoms with Gasteiger partial charge in [0.1, 0.15) is 0 Å². The van der Waals surface area contributed by atoms with Crippen LogP contribution < -0.4 is 11.1 Å². The van der Waals surface area contributed by atoms with Gasteiger partial charge in [-0.25, -0.2) is 0 Å². The summed E-state index contributed by atoms with van der Waals surface area (Å²) in [6.45, 7) is 4.66. The molecule has 0 spiro atoms. The van der Waals surface area contributed by atoms with Crippen LogP contribution in [0.1, 0.15) is 29.2 Å². The van der Waals surface area contributed by atoms with Crippen LogP contribution in [0.15, 0.2) is 53.5 Å². The lowest BCUT2D eigenvalue weighted by atomic mass is 9.94. The summed E-state index contributed by atoms with van der Waals surface area (Å²) in [5.41, 5.74) is 10.6. The van der Waals surface area contributed by atoms with Gasteiger partial charge in [0.05, 0.1) is 6.04 Å². The van der Waals surface area contributed by atoms with Crippen LogP contribution in [0, 0.1) is 19.8 Å². The van der Waals surface area contributed by atoms with E-state index < -0.39 is 0 Å². The number of nitrogens with one attached hydrogen (secondary N) is 1. The first-order valence-corrected chi connectivity index (χ1v) is 8.90. The van der Waals surface area contributed by atoms with Crippen molar-refractivity contribution in [2.45, 2.75) is 26.3 Å². The zero-order chi connectivity index (χ0) is 18.7. The fourth-order valence-electron chi connectivity index (χ4n) is 3.48. The molecule has 0 radical (unpaired) electrons. The molecule has 136 valence electrons. The van der Waals surface area contributed by atoms with Crippen molar-refractivity contribution in [1.29, 1.82) is 0 Å². The van der Waals surface area contributed by atoms with E-state index in [0.29, 0.717) is 18.9 Å². The highest BCUT2D eigenvalue weighted by atomic mass is 16.2. The molecule has 2 aromatic carbocycles. The largest absolute Gasteiger partial charge is 0.370 e. The van der Waals surface area contributed by atoms with Crippen LogP contribution in [0.4, 0.5) is 5.69 Å². The average molecular weight is 350 g/mol. The summed E-state index contributed by atoms with van der Waals surface area (Å²) in [7, 11) is 1.86. The quantitative estimate of drug-likeness (QED) is 0.657. The molecule has 3 rings (SSSR count). The molecule has 2 atom stereocenters. The first-order valence-electron chi connectivity index (χ1n) is 8.90. The Morgan fingerprint density at radius 1 is 1.19 bits per heavy atom. The summed E-state index contributed by atoms with van der Waals surface area (Å²) < 4.78 is 0. The zero-order valence-electron chi connectivity index (χ0n) is 15.6. The molecule has 2 aromatic rings. The van der Waals surface area contributed by atoms with Crippen molar-refractivity contribution in [3.63, 3.8) is 0 Å². The van der Waals surface area contributed by atoms with Gasteiger partial charge in [0.15, 0.2) is 5.96 Å². The highest BCUT2D eigenvalue weighted by Crippen LogP contribution is 2.36. The van der Waals surface area contributed by atoms with E-state index in [9.17, 15) is 4.79 Å². The van der Waals surface area contributed by atoms with Gasteiger partial charge in [0, 0.05) is 31.6 Å². The van der Waals surface area contributed by atoms with Crippen LogP contribution in [0.3, 0.4) is 0 Å². The molecular weight excluding hydrogens is 324 g/mol. The Hall–Kier alpha value is -2.82. The molecule has 1 heterocycles. The molecule has 5 heteroatoms. The second kappa shape index (κ2) is 7.60. The Kier molecular flexibility index (Phi) is 5.26. The highest BCUT2D eigenvalue weighted by Gasteiger charge is 2.38. The van der Waals surface area contributed by atoms with Crippen LogP contribution in [0.25, 0.3) is 0 Å². The molecule has 1 amide bonds. The third-order valence-electron chi connectivity index (χ3n) is 5.11. The molecule has 2 unspecified atom stereocenters. The number of hydrogen-bond donors (Lipinski definition) is 2. The molecule has 0 aromatic heterocycles. The van der Waals surface area contributed by atoms with E-state index in [1.165, 1.54) is 11.1 Å². The molecule has 0 saturated carbocycles. The van der Waals surface area contributed by atoms with E-state index in [0.717, 1.165) is 11.3 Å². The van der Waals surface area contributed by atoms with Gasteiger partial charge >= 0.3 is 0 Å². The first kappa shape index (κ1) is 18.0. The lowest BCUT2D eigenvalue weighted by Gasteiger charge is -2.24. The van der Waals surface area contributed by atoms with Crippen molar-refractivity contribution in [2.75, 3.05) is 18.9 Å². The van der Waals surface area contributed by atoms with Gasteiger partial charge < -0.3 is 16.0 Å². The number of nitrogens with two attached hydrogens (primary N) is 1. The first-order chi connectivity index (χ1) is 12.5. The number of nitrogens with zero attached hydrogens (tertiary/aromatic N) is 2. The third kappa shape index (κ3) is 3.87. The van der Waals surface area contributed by atoms with Crippen LogP contribution in [-0.2, 0) is 4.79 Å². The fraction of sp³-hybridized carbons (Fsp3) is 0.333. The summed E-state index contributed by atoms with van der Waals surface area (Å²) >= 11 is 0. The number of hydrogen-bond acceptors (Lipinski definition) is 2. The Balaban J connectivity index is 1.71. The van der Waals surface area contributed by atoms with Crippen LogP contribution in [0.5, 0.6) is 0 Å². The molecule has 1 fully saturated rings. The Bertz CT molecular complexity index is 816. The molecule has 1 aliphatic heterocycles. The number of benzene rings is 2. The summed E-state index contributed by atoms with van der Waals surface area (Å²) in [6.07, 6.45) is 0.497. The van der Waals surface area contributed by atoms with E-state index in [2.05, 4.69) is 48.4 Å². The number of likely N-dealkylation sites (tertiary alicyclic amines) is 1. The Morgan fingerprint density at radius 2 is 1.92 bits per heavy atom. The van der Waals surface area contributed by atoms with Gasteiger partial charge in [-0.2, -0.15) is 0 Å². The molecular formula is C21H26N4O. The van der Waals surface area contributed by atoms with Crippen LogP contribution in [0.2, 0.25) is 0 Å².